The van der Waals surface area contributed by atoms with Gasteiger partial charge in [0.1, 0.15) is 17.8 Å². The second-order valence-corrected chi connectivity index (χ2v) is 6.64. The third-order valence-electron chi connectivity index (χ3n) is 4.29. The second-order valence-electron chi connectivity index (χ2n) is 6.20. The number of para-hydroxylation sites is 1. The monoisotopic (exact) mass is 379 g/mol. The summed E-state index contributed by atoms with van der Waals surface area (Å²) in [6.07, 6.45) is 1.83. The Bertz CT molecular complexity index is 1110. The van der Waals surface area contributed by atoms with E-state index in [1.54, 1.807) is 12.1 Å². The van der Waals surface area contributed by atoms with Crippen molar-refractivity contribution in [1.82, 2.24) is 20.3 Å². The van der Waals surface area contributed by atoms with Gasteiger partial charge in [-0.3, -0.25) is 4.79 Å². The van der Waals surface area contributed by atoms with Crippen molar-refractivity contribution in [3.05, 3.63) is 65.4 Å². The lowest BCUT2D eigenvalue weighted by molar-refractivity contribution is -0.120. The molecule has 0 saturated carbocycles. The van der Waals surface area contributed by atoms with E-state index in [0.717, 1.165) is 33.3 Å². The number of aromatic nitrogens is 3. The fraction of sp³-hybridized carbons (Fsp3) is 0.150. The second kappa shape index (κ2) is 7.63. The van der Waals surface area contributed by atoms with E-state index in [0.29, 0.717) is 24.5 Å². The van der Waals surface area contributed by atoms with E-state index in [9.17, 15) is 4.79 Å². The molecule has 4 rings (SSSR count). The summed E-state index contributed by atoms with van der Waals surface area (Å²) in [6.45, 7) is 1.06. The Morgan fingerprint density at radius 1 is 1.07 bits per heavy atom. The zero-order valence-corrected chi connectivity index (χ0v) is 15.3. The van der Waals surface area contributed by atoms with Crippen molar-refractivity contribution in [2.45, 2.75) is 6.42 Å². The summed E-state index contributed by atoms with van der Waals surface area (Å²) in [4.78, 5) is 24.0. The molecule has 1 amide bonds. The lowest BCUT2D eigenvalue weighted by atomic mass is 10.1. The van der Waals surface area contributed by atoms with E-state index in [1.807, 2.05) is 36.4 Å². The van der Waals surface area contributed by atoms with Gasteiger partial charge < -0.3 is 15.6 Å². The molecule has 0 unspecified atom stereocenters. The maximum Gasteiger partial charge on any atom is 0.224 e. The maximum atomic E-state index is 12.1. The molecule has 0 aliphatic rings. The Morgan fingerprint density at radius 2 is 1.96 bits per heavy atom. The number of rotatable bonds is 6. The number of nitrogens with one attached hydrogen (secondary N) is 3. The minimum absolute atomic E-state index is 0.0426. The molecule has 0 aliphatic carbocycles. The number of anilines is 1. The van der Waals surface area contributed by atoms with Crippen LogP contribution >= 0.6 is 11.6 Å². The summed E-state index contributed by atoms with van der Waals surface area (Å²) < 4.78 is 0. The Kier molecular flexibility index (Phi) is 4.89. The molecule has 0 aliphatic heterocycles. The first kappa shape index (κ1) is 17.3. The molecular formula is C20H18ClN5O. The normalized spacial score (nSPS) is 11.0. The number of fused-ring (bicyclic) bond motifs is 3. The Morgan fingerprint density at radius 3 is 2.85 bits per heavy atom. The van der Waals surface area contributed by atoms with Crippen molar-refractivity contribution in [3.8, 4) is 0 Å². The van der Waals surface area contributed by atoms with Gasteiger partial charge in [-0.2, -0.15) is 0 Å². The highest BCUT2D eigenvalue weighted by atomic mass is 35.5. The molecule has 0 atom stereocenters. The van der Waals surface area contributed by atoms with E-state index < -0.39 is 0 Å². The fourth-order valence-electron chi connectivity index (χ4n) is 3.08. The van der Waals surface area contributed by atoms with E-state index >= 15 is 0 Å². The molecule has 6 nitrogen and oxygen atoms in total. The molecule has 0 radical (unpaired) electrons. The zero-order chi connectivity index (χ0) is 18.6. The molecule has 3 N–H and O–H groups in total. The summed E-state index contributed by atoms with van der Waals surface area (Å²) >= 11 is 5.95. The largest absolute Gasteiger partial charge is 0.368 e. The smallest absolute Gasteiger partial charge is 0.224 e. The van der Waals surface area contributed by atoms with Gasteiger partial charge in [0.15, 0.2) is 0 Å². The number of carbonyl (C=O) groups is 1. The maximum absolute atomic E-state index is 12.1. The molecule has 0 saturated heterocycles. The molecule has 4 aromatic rings. The predicted molar refractivity (Wildman–Crippen MR) is 108 cm³/mol. The number of hydrogen-bond acceptors (Lipinski definition) is 4. The SMILES string of the molecule is O=C(Cc1cccc(Cl)c1)NCCNc1ncnc2[nH]c3ccccc3c12. The van der Waals surface area contributed by atoms with E-state index in [2.05, 4.69) is 25.6 Å². The first-order valence-corrected chi connectivity index (χ1v) is 9.05. The summed E-state index contributed by atoms with van der Waals surface area (Å²) in [5, 5.41) is 8.85. The molecule has 27 heavy (non-hydrogen) atoms. The van der Waals surface area contributed by atoms with Crippen molar-refractivity contribution in [1.29, 1.82) is 0 Å². The molecule has 0 spiro atoms. The number of benzene rings is 2. The fourth-order valence-corrected chi connectivity index (χ4v) is 3.30. The van der Waals surface area contributed by atoms with Gasteiger partial charge in [0.05, 0.1) is 11.8 Å². The predicted octanol–water partition coefficient (Wildman–Crippen LogP) is 3.54. The molecule has 2 aromatic carbocycles. The Balaban J connectivity index is 1.37. The highest BCUT2D eigenvalue weighted by molar-refractivity contribution is 6.30. The van der Waals surface area contributed by atoms with Gasteiger partial charge in [-0.15, -0.1) is 0 Å². The Labute approximate surface area is 161 Å². The van der Waals surface area contributed by atoms with Crippen LogP contribution in [0.5, 0.6) is 0 Å². The van der Waals surface area contributed by atoms with Crippen molar-refractivity contribution in [2.75, 3.05) is 18.4 Å². The summed E-state index contributed by atoms with van der Waals surface area (Å²) in [6, 6.07) is 15.3. The zero-order valence-electron chi connectivity index (χ0n) is 14.5. The van der Waals surface area contributed by atoms with Gasteiger partial charge in [0, 0.05) is 29.0 Å². The molecule has 0 fully saturated rings. The minimum Gasteiger partial charge on any atom is -0.368 e. The first-order chi connectivity index (χ1) is 13.2. The van der Waals surface area contributed by atoms with Crippen molar-refractivity contribution in [3.63, 3.8) is 0 Å². The van der Waals surface area contributed by atoms with Gasteiger partial charge in [-0.25, -0.2) is 9.97 Å². The first-order valence-electron chi connectivity index (χ1n) is 8.67. The molecule has 0 bridgehead atoms. The topological polar surface area (TPSA) is 82.7 Å². The average Bonchev–Trinajstić information content (AvgIpc) is 3.04. The van der Waals surface area contributed by atoms with Crippen molar-refractivity contribution < 1.29 is 4.79 Å². The van der Waals surface area contributed by atoms with Gasteiger partial charge in [0.2, 0.25) is 5.91 Å². The van der Waals surface area contributed by atoms with Gasteiger partial charge >= 0.3 is 0 Å². The van der Waals surface area contributed by atoms with E-state index in [-0.39, 0.29) is 5.91 Å². The third kappa shape index (κ3) is 3.85. The highest BCUT2D eigenvalue weighted by Gasteiger charge is 2.10. The van der Waals surface area contributed by atoms with Gasteiger partial charge in [-0.05, 0) is 23.8 Å². The van der Waals surface area contributed by atoms with E-state index in [4.69, 9.17) is 11.6 Å². The van der Waals surface area contributed by atoms with Gasteiger partial charge in [0.25, 0.3) is 0 Å². The number of nitrogens with zero attached hydrogens (tertiary/aromatic N) is 2. The lowest BCUT2D eigenvalue weighted by Crippen LogP contribution is -2.30. The molecule has 136 valence electrons. The van der Waals surface area contributed by atoms with Crippen molar-refractivity contribution in [2.24, 2.45) is 0 Å². The Hall–Kier alpha value is -3.12. The van der Waals surface area contributed by atoms with Crippen LogP contribution in [0.2, 0.25) is 5.02 Å². The lowest BCUT2D eigenvalue weighted by Gasteiger charge is -2.08. The molecule has 2 aromatic heterocycles. The average molecular weight is 380 g/mol. The number of carbonyl (C=O) groups excluding carboxylic acids is 1. The van der Waals surface area contributed by atoms with Crippen LogP contribution in [0.3, 0.4) is 0 Å². The van der Waals surface area contributed by atoms with Crippen LogP contribution in [-0.2, 0) is 11.2 Å². The minimum atomic E-state index is -0.0426. The standard InChI is InChI=1S/C20H18ClN5O/c21-14-5-3-4-13(10-14)11-17(27)22-8-9-23-19-18-15-6-1-2-7-16(15)26-20(18)25-12-24-19/h1-7,10,12H,8-9,11H2,(H,22,27)(H2,23,24,25,26). The number of hydrogen-bond donors (Lipinski definition) is 3. The van der Waals surface area contributed by atoms with Crippen molar-refractivity contribution >= 4 is 45.3 Å². The van der Waals surface area contributed by atoms with Crippen LogP contribution in [0.4, 0.5) is 5.82 Å². The van der Waals surface area contributed by atoms with Crippen LogP contribution in [0.1, 0.15) is 5.56 Å². The van der Waals surface area contributed by atoms with Crippen LogP contribution < -0.4 is 10.6 Å². The van der Waals surface area contributed by atoms with Crippen LogP contribution in [0.25, 0.3) is 21.9 Å². The quantitative estimate of drug-likeness (QED) is 0.447. The van der Waals surface area contributed by atoms with Crippen LogP contribution in [-0.4, -0.2) is 33.9 Å². The summed E-state index contributed by atoms with van der Waals surface area (Å²) in [5.41, 5.74) is 2.70. The van der Waals surface area contributed by atoms with Crippen LogP contribution in [0, 0.1) is 0 Å². The highest BCUT2D eigenvalue weighted by Crippen LogP contribution is 2.28. The summed E-state index contributed by atoms with van der Waals surface area (Å²) in [7, 11) is 0. The number of H-pyrrole nitrogens is 1. The van der Waals surface area contributed by atoms with Gasteiger partial charge in [-0.1, -0.05) is 41.9 Å². The molecular weight excluding hydrogens is 362 g/mol. The number of aromatic amines is 1. The van der Waals surface area contributed by atoms with E-state index in [1.165, 1.54) is 6.33 Å². The number of amides is 1. The third-order valence-corrected chi connectivity index (χ3v) is 4.53. The molecule has 7 heteroatoms. The number of halogens is 1. The van der Waals surface area contributed by atoms with Crippen LogP contribution in [0.15, 0.2) is 54.9 Å². The molecule has 2 heterocycles. The summed E-state index contributed by atoms with van der Waals surface area (Å²) in [5.74, 6) is 0.709.